The molecule has 0 aliphatic heterocycles. The minimum Gasteiger partial charge on any atom is -0.478 e. The highest BCUT2D eigenvalue weighted by Gasteiger charge is 2.25. The number of esters is 1. The second-order valence-electron chi connectivity index (χ2n) is 4.70. The number of benzene rings is 1. The molecule has 0 aliphatic carbocycles. The summed E-state index contributed by atoms with van der Waals surface area (Å²) >= 11 is 6.07. The zero-order chi connectivity index (χ0) is 17.3. The van der Waals surface area contributed by atoms with Crippen molar-refractivity contribution in [3.05, 3.63) is 45.7 Å². The monoisotopic (exact) mass is 333 g/mol. The van der Waals surface area contributed by atoms with Crippen LogP contribution < -0.4 is 5.73 Å². The molecular formula is C15H12ClN3O4. The summed E-state index contributed by atoms with van der Waals surface area (Å²) in [5, 5.41) is 18.8. The van der Waals surface area contributed by atoms with Crippen molar-refractivity contribution in [2.24, 2.45) is 0 Å². The second kappa shape index (κ2) is 6.02. The number of nitrogens with two attached hydrogens (primary N) is 1. The number of aromatic nitrogens is 1. The number of aromatic carboxylic acids is 1. The molecule has 23 heavy (non-hydrogen) atoms. The minimum absolute atomic E-state index is 0.0263. The van der Waals surface area contributed by atoms with Crippen LogP contribution in [0.5, 0.6) is 0 Å². The van der Waals surface area contributed by atoms with Crippen LogP contribution in [-0.2, 0) is 4.74 Å². The van der Waals surface area contributed by atoms with Crippen LogP contribution in [0, 0.1) is 18.3 Å². The Morgan fingerprint density at radius 1 is 1.43 bits per heavy atom. The quantitative estimate of drug-likeness (QED) is 0.832. The summed E-state index contributed by atoms with van der Waals surface area (Å²) in [5.74, 6) is -2.00. The van der Waals surface area contributed by atoms with Gasteiger partial charge in [0.15, 0.2) is 5.69 Å². The van der Waals surface area contributed by atoms with Crippen molar-refractivity contribution in [1.29, 1.82) is 5.26 Å². The molecule has 7 nitrogen and oxygen atoms in total. The van der Waals surface area contributed by atoms with Crippen LogP contribution in [0.1, 0.15) is 32.0 Å². The largest absolute Gasteiger partial charge is 0.478 e. The number of carbonyl (C=O) groups is 2. The SMILES string of the molecule is COC(=O)c1c(N)c(C#N)cn1-c1cc(Cl)c(C)cc1C(=O)O. The molecule has 0 radical (unpaired) electrons. The van der Waals surface area contributed by atoms with Crippen LogP contribution in [0.15, 0.2) is 18.3 Å². The van der Waals surface area contributed by atoms with E-state index >= 15 is 0 Å². The molecule has 0 spiro atoms. The Bertz CT molecular complexity index is 865. The van der Waals surface area contributed by atoms with E-state index in [4.69, 9.17) is 22.6 Å². The molecule has 1 heterocycles. The van der Waals surface area contributed by atoms with E-state index in [1.54, 1.807) is 6.92 Å². The summed E-state index contributed by atoms with van der Waals surface area (Å²) < 4.78 is 5.86. The molecule has 0 aliphatic rings. The first kappa shape index (κ1) is 16.4. The fraction of sp³-hybridized carbons (Fsp3) is 0.133. The first-order chi connectivity index (χ1) is 10.8. The molecule has 2 aromatic rings. The topological polar surface area (TPSA) is 118 Å². The van der Waals surface area contributed by atoms with Crippen molar-refractivity contribution < 1.29 is 19.4 Å². The second-order valence-corrected chi connectivity index (χ2v) is 5.11. The van der Waals surface area contributed by atoms with E-state index in [1.807, 2.05) is 6.07 Å². The predicted octanol–water partition coefficient (Wildman–Crippen LogP) is 2.38. The van der Waals surface area contributed by atoms with Crippen LogP contribution in [0.25, 0.3) is 5.69 Å². The van der Waals surface area contributed by atoms with E-state index in [9.17, 15) is 14.7 Å². The Morgan fingerprint density at radius 3 is 2.61 bits per heavy atom. The van der Waals surface area contributed by atoms with Crippen LogP contribution in [-0.4, -0.2) is 28.7 Å². The van der Waals surface area contributed by atoms with Crippen molar-refractivity contribution >= 4 is 29.2 Å². The Kier molecular flexibility index (Phi) is 4.29. The smallest absolute Gasteiger partial charge is 0.357 e. The van der Waals surface area contributed by atoms with Crippen LogP contribution >= 0.6 is 11.6 Å². The maximum atomic E-state index is 12.0. The van der Waals surface area contributed by atoms with Gasteiger partial charge in [-0.05, 0) is 24.6 Å². The summed E-state index contributed by atoms with van der Waals surface area (Å²) in [6.45, 7) is 1.66. The van der Waals surface area contributed by atoms with Gasteiger partial charge < -0.3 is 20.1 Å². The van der Waals surface area contributed by atoms with Gasteiger partial charge in [0.2, 0.25) is 0 Å². The summed E-state index contributed by atoms with van der Waals surface area (Å²) in [4.78, 5) is 23.5. The van der Waals surface area contributed by atoms with Gasteiger partial charge in [0.1, 0.15) is 6.07 Å². The number of hydrogen-bond donors (Lipinski definition) is 2. The molecule has 0 unspecified atom stereocenters. The van der Waals surface area contributed by atoms with Crippen molar-refractivity contribution in [2.75, 3.05) is 12.8 Å². The highest BCUT2D eigenvalue weighted by Crippen LogP contribution is 2.30. The van der Waals surface area contributed by atoms with Gasteiger partial charge in [-0.1, -0.05) is 11.6 Å². The van der Waals surface area contributed by atoms with E-state index in [2.05, 4.69) is 4.74 Å². The molecule has 2 rings (SSSR count). The van der Waals surface area contributed by atoms with Gasteiger partial charge >= 0.3 is 11.9 Å². The van der Waals surface area contributed by atoms with Gasteiger partial charge in [-0.15, -0.1) is 0 Å². The Labute approximate surface area is 136 Å². The number of nitrogens with zero attached hydrogens (tertiary/aromatic N) is 2. The summed E-state index contributed by atoms with van der Waals surface area (Å²) in [7, 11) is 1.16. The zero-order valence-electron chi connectivity index (χ0n) is 12.3. The van der Waals surface area contributed by atoms with Gasteiger partial charge in [0.05, 0.1) is 29.6 Å². The van der Waals surface area contributed by atoms with Crippen LogP contribution in [0.3, 0.4) is 0 Å². The molecule has 1 aromatic carbocycles. The highest BCUT2D eigenvalue weighted by molar-refractivity contribution is 6.31. The number of carboxylic acids is 1. The average molecular weight is 334 g/mol. The molecule has 0 saturated heterocycles. The molecule has 1 aromatic heterocycles. The molecule has 0 amide bonds. The van der Waals surface area contributed by atoms with Crippen molar-refractivity contribution in [1.82, 2.24) is 4.57 Å². The number of hydrogen-bond acceptors (Lipinski definition) is 5. The standard InChI is InChI=1S/C15H12ClN3O4/c1-7-3-9(14(20)21)11(4-10(7)16)19-6-8(5-17)12(18)13(19)15(22)23-2/h3-4,6H,18H2,1-2H3,(H,20,21). The zero-order valence-corrected chi connectivity index (χ0v) is 13.0. The van der Waals surface area contributed by atoms with E-state index in [-0.39, 0.29) is 28.2 Å². The van der Waals surface area contributed by atoms with Crippen molar-refractivity contribution in [3.8, 4) is 11.8 Å². The fourth-order valence-electron chi connectivity index (χ4n) is 2.15. The first-order valence-corrected chi connectivity index (χ1v) is 6.72. The lowest BCUT2D eigenvalue weighted by molar-refractivity contribution is 0.0591. The van der Waals surface area contributed by atoms with Gasteiger partial charge in [0.25, 0.3) is 0 Å². The lowest BCUT2D eigenvalue weighted by Crippen LogP contribution is -2.14. The van der Waals surface area contributed by atoms with Gasteiger partial charge in [0, 0.05) is 11.2 Å². The number of carboxylic acid groups (broad SMARTS) is 1. The Morgan fingerprint density at radius 2 is 2.09 bits per heavy atom. The maximum absolute atomic E-state index is 12.0. The number of aryl methyl sites for hydroxylation is 1. The lowest BCUT2D eigenvalue weighted by Gasteiger charge is -2.13. The number of nitrogen functional groups attached to an aromatic ring is 1. The third-order valence-electron chi connectivity index (χ3n) is 3.31. The normalized spacial score (nSPS) is 10.2. The molecular weight excluding hydrogens is 322 g/mol. The van der Waals surface area contributed by atoms with Gasteiger partial charge in [-0.25, -0.2) is 9.59 Å². The lowest BCUT2D eigenvalue weighted by atomic mass is 10.1. The van der Waals surface area contributed by atoms with Gasteiger partial charge in [-0.3, -0.25) is 0 Å². The third kappa shape index (κ3) is 2.72. The number of ether oxygens (including phenoxy) is 1. The summed E-state index contributed by atoms with van der Waals surface area (Å²) in [6, 6.07) is 4.62. The number of carbonyl (C=O) groups excluding carboxylic acids is 1. The van der Waals surface area contributed by atoms with E-state index in [0.717, 1.165) is 7.11 Å². The third-order valence-corrected chi connectivity index (χ3v) is 3.72. The minimum atomic E-state index is -1.21. The average Bonchev–Trinajstić information content (AvgIpc) is 2.85. The number of methoxy groups -OCH3 is 1. The predicted molar refractivity (Wildman–Crippen MR) is 82.9 cm³/mol. The highest BCUT2D eigenvalue weighted by atomic mass is 35.5. The van der Waals surface area contributed by atoms with Crippen LogP contribution in [0.2, 0.25) is 5.02 Å². The summed E-state index contributed by atoms with van der Waals surface area (Å²) in [5.41, 5.74) is 6.19. The Hall–Kier alpha value is -2.98. The van der Waals surface area contributed by atoms with E-state index < -0.39 is 11.9 Å². The van der Waals surface area contributed by atoms with Crippen molar-refractivity contribution in [3.63, 3.8) is 0 Å². The molecule has 118 valence electrons. The number of rotatable bonds is 3. The number of anilines is 1. The van der Waals surface area contributed by atoms with Gasteiger partial charge in [-0.2, -0.15) is 5.26 Å². The first-order valence-electron chi connectivity index (χ1n) is 6.34. The van der Waals surface area contributed by atoms with Crippen LogP contribution in [0.4, 0.5) is 5.69 Å². The molecule has 3 N–H and O–H groups in total. The number of halogens is 1. The fourth-order valence-corrected chi connectivity index (χ4v) is 2.30. The van der Waals surface area contributed by atoms with E-state index in [0.29, 0.717) is 10.6 Å². The summed E-state index contributed by atoms with van der Waals surface area (Å²) in [6.07, 6.45) is 1.27. The molecule has 0 fully saturated rings. The Balaban J connectivity index is 2.87. The molecule has 0 saturated carbocycles. The molecule has 8 heteroatoms. The number of nitriles is 1. The molecule has 0 atom stereocenters. The maximum Gasteiger partial charge on any atom is 0.357 e. The molecule has 0 bridgehead atoms. The van der Waals surface area contributed by atoms with E-state index in [1.165, 1.54) is 22.9 Å². The van der Waals surface area contributed by atoms with Crippen molar-refractivity contribution in [2.45, 2.75) is 6.92 Å².